The molecule has 3 rings (SSSR count). The van der Waals surface area contributed by atoms with Gasteiger partial charge in [0.25, 0.3) is 0 Å². The van der Waals surface area contributed by atoms with Gasteiger partial charge >= 0.3 is 5.97 Å². The number of H-pyrrole nitrogens is 1. The number of fused-ring (bicyclic) bond motifs is 1. The van der Waals surface area contributed by atoms with Gasteiger partial charge < -0.3 is 9.72 Å². The summed E-state index contributed by atoms with van der Waals surface area (Å²) in [6.07, 6.45) is 1.28. The van der Waals surface area contributed by atoms with Gasteiger partial charge in [0.05, 0.1) is 18.6 Å². The fourth-order valence-corrected chi connectivity index (χ4v) is 3.05. The van der Waals surface area contributed by atoms with Crippen molar-refractivity contribution in [1.82, 2.24) is 4.98 Å². The molecule has 1 N–H and O–H groups in total. The molecular weight excluding hydrogens is 364 g/mol. The molecule has 134 valence electrons. The van der Waals surface area contributed by atoms with E-state index in [-0.39, 0.29) is 12.0 Å². The monoisotopic (exact) mass is 377 g/mol. The number of ketones is 1. The van der Waals surface area contributed by atoms with Gasteiger partial charge in [-0.15, -0.1) is 0 Å². The smallest absolute Gasteiger partial charge is 0.313 e. The summed E-state index contributed by atoms with van der Waals surface area (Å²) in [7, 11) is 1.21. The summed E-state index contributed by atoms with van der Waals surface area (Å²) in [5.74, 6) is -3.94. The molecule has 1 heterocycles. The van der Waals surface area contributed by atoms with Crippen molar-refractivity contribution in [3.05, 3.63) is 70.4 Å². The number of carbonyl (C=O) groups is 2. The number of hydrogen-bond acceptors (Lipinski definition) is 3. The van der Waals surface area contributed by atoms with Crippen LogP contribution in [0.15, 0.2) is 42.6 Å². The number of ether oxygens (including phenoxy) is 1. The van der Waals surface area contributed by atoms with Crippen LogP contribution in [0.1, 0.15) is 28.3 Å². The fourth-order valence-electron chi connectivity index (χ4n) is 2.88. The van der Waals surface area contributed by atoms with E-state index in [1.807, 2.05) is 0 Å². The summed E-state index contributed by atoms with van der Waals surface area (Å²) in [5, 5.41) is 1.22. The second-order valence-electron chi connectivity index (χ2n) is 5.76. The molecule has 0 aliphatic rings. The Labute approximate surface area is 152 Å². The first-order valence-corrected chi connectivity index (χ1v) is 8.11. The maximum absolute atomic E-state index is 13.9. The molecule has 0 radical (unpaired) electrons. The van der Waals surface area contributed by atoms with Crippen molar-refractivity contribution in [2.24, 2.45) is 0 Å². The topological polar surface area (TPSA) is 59.2 Å². The quantitative estimate of drug-likeness (QED) is 0.521. The summed E-state index contributed by atoms with van der Waals surface area (Å²) in [4.78, 5) is 27.7. The van der Waals surface area contributed by atoms with Crippen LogP contribution in [-0.4, -0.2) is 23.8 Å². The third kappa shape index (κ3) is 3.46. The van der Waals surface area contributed by atoms with E-state index < -0.39 is 29.3 Å². The summed E-state index contributed by atoms with van der Waals surface area (Å²) in [6.45, 7) is 0. The lowest BCUT2D eigenvalue weighted by atomic mass is 9.91. The largest absolute Gasteiger partial charge is 0.469 e. The van der Waals surface area contributed by atoms with Crippen LogP contribution < -0.4 is 0 Å². The molecule has 0 aliphatic heterocycles. The van der Waals surface area contributed by atoms with Crippen LogP contribution in [0.25, 0.3) is 10.9 Å². The molecule has 3 aromatic rings. The standard InChI is InChI=1S/C19H14ClF2NO3/c1-26-19(25)14(8-18(24)13-5-3-11(21)7-16(13)22)15-9-23-17-6-10(20)2-4-12(15)17/h2-7,9,14,23H,8H2,1H3. The first kappa shape index (κ1) is 18.1. The molecule has 0 spiro atoms. The van der Waals surface area contributed by atoms with Crippen molar-refractivity contribution >= 4 is 34.3 Å². The van der Waals surface area contributed by atoms with E-state index in [4.69, 9.17) is 16.3 Å². The fraction of sp³-hybridized carbons (Fsp3) is 0.158. The second kappa shape index (κ2) is 7.25. The highest BCUT2D eigenvalue weighted by atomic mass is 35.5. The molecule has 1 aromatic heterocycles. The van der Waals surface area contributed by atoms with E-state index in [1.165, 1.54) is 7.11 Å². The Hall–Kier alpha value is -2.73. The minimum Gasteiger partial charge on any atom is -0.469 e. The Morgan fingerprint density at radius 3 is 2.65 bits per heavy atom. The first-order valence-electron chi connectivity index (χ1n) is 7.73. The Balaban J connectivity index is 1.98. The molecule has 7 heteroatoms. The predicted molar refractivity (Wildman–Crippen MR) is 93.4 cm³/mol. The lowest BCUT2D eigenvalue weighted by Gasteiger charge is -2.14. The zero-order valence-corrected chi connectivity index (χ0v) is 14.4. The molecule has 0 aliphatic carbocycles. The van der Waals surface area contributed by atoms with Crippen LogP contribution >= 0.6 is 11.6 Å². The zero-order valence-electron chi connectivity index (χ0n) is 13.7. The number of rotatable bonds is 5. The van der Waals surface area contributed by atoms with Gasteiger partial charge in [-0.1, -0.05) is 17.7 Å². The Morgan fingerprint density at radius 1 is 1.19 bits per heavy atom. The number of aromatic amines is 1. The lowest BCUT2D eigenvalue weighted by Crippen LogP contribution is -2.18. The number of esters is 1. The van der Waals surface area contributed by atoms with Gasteiger partial charge in [0.15, 0.2) is 5.78 Å². The van der Waals surface area contributed by atoms with Gasteiger partial charge in [-0.25, -0.2) is 8.78 Å². The first-order chi connectivity index (χ1) is 12.4. The molecule has 26 heavy (non-hydrogen) atoms. The Kier molecular flexibility index (Phi) is 5.04. The van der Waals surface area contributed by atoms with Crippen molar-refractivity contribution in [3.8, 4) is 0 Å². The van der Waals surface area contributed by atoms with E-state index in [1.54, 1.807) is 24.4 Å². The Bertz CT molecular complexity index is 1000. The highest BCUT2D eigenvalue weighted by Gasteiger charge is 2.28. The summed E-state index contributed by atoms with van der Waals surface area (Å²) >= 11 is 5.95. The number of carbonyl (C=O) groups excluding carboxylic acids is 2. The molecule has 0 saturated carbocycles. The zero-order chi connectivity index (χ0) is 18.8. The summed E-state index contributed by atoms with van der Waals surface area (Å²) < 4.78 is 31.7. The number of Topliss-reactive ketones (excluding diaryl/α,β-unsaturated/α-hetero) is 1. The van der Waals surface area contributed by atoms with Gasteiger partial charge in [-0.05, 0) is 29.8 Å². The average Bonchev–Trinajstić information content (AvgIpc) is 3.01. The van der Waals surface area contributed by atoms with E-state index in [2.05, 4.69) is 4.98 Å². The van der Waals surface area contributed by atoms with Crippen molar-refractivity contribution in [3.63, 3.8) is 0 Å². The van der Waals surface area contributed by atoms with E-state index in [0.29, 0.717) is 27.6 Å². The third-order valence-electron chi connectivity index (χ3n) is 4.16. The molecular formula is C19H14ClF2NO3. The predicted octanol–water partition coefficient (Wildman–Crippen LogP) is 4.63. The van der Waals surface area contributed by atoms with Gasteiger partial charge in [-0.2, -0.15) is 0 Å². The SMILES string of the molecule is COC(=O)C(CC(=O)c1ccc(F)cc1F)c1c[nH]c2cc(Cl)ccc12. The van der Waals surface area contributed by atoms with Crippen molar-refractivity contribution in [2.75, 3.05) is 7.11 Å². The average molecular weight is 378 g/mol. The number of methoxy groups -OCH3 is 1. The van der Waals surface area contributed by atoms with Crippen LogP contribution in [0.2, 0.25) is 5.02 Å². The molecule has 1 unspecified atom stereocenters. The van der Waals surface area contributed by atoms with Gasteiger partial charge in [-0.3, -0.25) is 9.59 Å². The summed E-state index contributed by atoms with van der Waals surface area (Å²) in [6, 6.07) is 7.77. The van der Waals surface area contributed by atoms with E-state index in [0.717, 1.165) is 12.1 Å². The van der Waals surface area contributed by atoms with Crippen LogP contribution in [0, 0.1) is 11.6 Å². The van der Waals surface area contributed by atoms with Crippen molar-refractivity contribution in [2.45, 2.75) is 12.3 Å². The van der Waals surface area contributed by atoms with Crippen LogP contribution in [0.3, 0.4) is 0 Å². The number of halogens is 3. The normalized spacial score (nSPS) is 12.2. The number of nitrogens with one attached hydrogen (secondary N) is 1. The van der Waals surface area contributed by atoms with Gasteiger partial charge in [0.2, 0.25) is 0 Å². The molecule has 2 aromatic carbocycles. The second-order valence-corrected chi connectivity index (χ2v) is 6.20. The molecule has 4 nitrogen and oxygen atoms in total. The highest BCUT2D eigenvalue weighted by Crippen LogP contribution is 2.31. The maximum Gasteiger partial charge on any atom is 0.313 e. The van der Waals surface area contributed by atoms with Gasteiger partial charge in [0, 0.05) is 34.6 Å². The van der Waals surface area contributed by atoms with Crippen LogP contribution in [-0.2, 0) is 9.53 Å². The molecule has 1 atom stereocenters. The minimum atomic E-state index is -0.968. The minimum absolute atomic E-state index is 0.275. The molecule has 0 bridgehead atoms. The number of benzene rings is 2. The molecule has 0 fully saturated rings. The van der Waals surface area contributed by atoms with E-state index in [9.17, 15) is 18.4 Å². The summed E-state index contributed by atoms with van der Waals surface area (Å²) in [5.41, 5.74) is 0.962. The third-order valence-corrected chi connectivity index (χ3v) is 4.39. The number of hydrogen-bond donors (Lipinski definition) is 1. The maximum atomic E-state index is 13.9. The van der Waals surface area contributed by atoms with Crippen LogP contribution in [0.5, 0.6) is 0 Å². The molecule has 0 amide bonds. The van der Waals surface area contributed by atoms with E-state index >= 15 is 0 Å². The Morgan fingerprint density at radius 2 is 1.96 bits per heavy atom. The highest BCUT2D eigenvalue weighted by molar-refractivity contribution is 6.31. The van der Waals surface area contributed by atoms with Crippen LogP contribution in [0.4, 0.5) is 8.78 Å². The van der Waals surface area contributed by atoms with Crippen molar-refractivity contribution < 1.29 is 23.1 Å². The molecule has 0 saturated heterocycles. The van der Waals surface area contributed by atoms with Crippen molar-refractivity contribution in [1.29, 1.82) is 0 Å². The lowest BCUT2D eigenvalue weighted by molar-refractivity contribution is -0.142. The number of aromatic nitrogens is 1. The van der Waals surface area contributed by atoms with Gasteiger partial charge in [0.1, 0.15) is 11.6 Å².